The second-order valence-electron chi connectivity index (χ2n) is 5.45. The molecule has 2 rings (SSSR count). The summed E-state index contributed by atoms with van der Waals surface area (Å²) in [5.74, 6) is 0.825. The van der Waals surface area contributed by atoms with Crippen molar-refractivity contribution in [1.82, 2.24) is 10.2 Å². The summed E-state index contributed by atoms with van der Waals surface area (Å²) in [5.41, 5.74) is 2.20. The summed E-state index contributed by atoms with van der Waals surface area (Å²) in [6.45, 7) is 0.735. The van der Waals surface area contributed by atoms with Gasteiger partial charge in [0, 0.05) is 12.2 Å². The highest BCUT2D eigenvalue weighted by molar-refractivity contribution is 7.80. The summed E-state index contributed by atoms with van der Waals surface area (Å²) >= 11 is 5.38. The summed E-state index contributed by atoms with van der Waals surface area (Å²) in [6, 6.07) is 18.3. The number of hydrogen-bond donors (Lipinski definition) is 2. The molecule has 2 aromatic carbocycles. The van der Waals surface area contributed by atoms with Gasteiger partial charge in [-0.15, -0.1) is 0 Å². The van der Waals surface area contributed by atoms with Gasteiger partial charge >= 0.3 is 0 Å². The van der Waals surface area contributed by atoms with Crippen molar-refractivity contribution in [3.05, 3.63) is 60.2 Å². The Kier molecular flexibility index (Phi) is 6.38. The highest BCUT2D eigenvalue weighted by Crippen LogP contribution is 2.17. The fraction of sp³-hybridized carbons (Fsp3) is 0.278. The van der Waals surface area contributed by atoms with Gasteiger partial charge in [-0.25, -0.2) is 0 Å². The zero-order chi connectivity index (χ0) is 16.7. The van der Waals surface area contributed by atoms with E-state index in [4.69, 9.17) is 17.0 Å². The predicted octanol–water partition coefficient (Wildman–Crippen LogP) is 3.28. The fourth-order valence-corrected chi connectivity index (χ4v) is 2.51. The number of benzene rings is 2. The molecule has 0 heterocycles. The number of thiocarbonyl (C=S) groups is 1. The van der Waals surface area contributed by atoms with Crippen LogP contribution in [-0.4, -0.2) is 37.8 Å². The van der Waals surface area contributed by atoms with Crippen LogP contribution in [0.2, 0.25) is 0 Å². The molecule has 0 aromatic heterocycles. The predicted molar refractivity (Wildman–Crippen MR) is 100 cm³/mol. The first-order valence-corrected chi connectivity index (χ1v) is 7.91. The normalized spacial score (nSPS) is 11.8. The van der Waals surface area contributed by atoms with Crippen LogP contribution >= 0.6 is 12.2 Å². The van der Waals surface area contributed by atoms with Crippen molar-refractivity contribution >= 4 is 23.0 Å². The van der Waals surface area contributed by atoms with E-state index in [1.165, 1.54) is 5.56 Å². The Balaban J connectivity index is 1.91. The molecule has 0 aliphatic heterocycles. The molecule has 4 nitrogen and oxygen atoms in total. The highest BCUT2D eigenvalue weighted by Gasteiger charge is 2.13. The summed E-state index contributed by atoms with van der Waals surface area (Å²) in [7, 11) is 5.79. The van der Waals surface area contributed by atoms with E-state index in [-0.39, 0.29) is 6.04 Å². The molecule has 0 amide bonds. The number of methoxy groups -OCH3 is 1. The molecule has 0 saturated heterocycles. The number of anilines is 1. The maximum Gasteiger partial charge on any atom is 0.170 e. The molecule has 0 aliphatic carbocycles. The third-order valence-corrected chi connectivity index (χ3v) is 3.86. The number of likely N-dealkylation sites (N-methyl/N-ethyl adjacent to an activating group) is 1. The first-order valence-electron chi connectivity index (χ1n) is 7.50. The second kappa shape index (κ2) is 8.50. The monoisotopic (exact) mass is 329 g/mol. The van der Waals surface area contributed by atoms with Gasteiger partial charge in [-0.2, -0.15) is 0 Å². The largest absolute Gasteiger partial charge is 0.497 e. The van der Waals surface area contributed by atoms with Crippen molar-refractivity contribution in [1.29, 1.82) is 0 Å². The maximum atomic E-state index is 5.38. The van der Waals surface area contributed by atoms with Gasteiger partial charge in [0.2, 0.25) is 0 Å². The van der Waals surface area contributed by atoms with Crippen LogP contribution in [0.15, 0.2) is 54.6 Å². The molecule has 5 heteroatoms. The van der Waals surface area contributed by atoms with E-state index in [1.54, 1.807) is 7.11 Å². The van der Waals surface area contributed by atoms with Crippen LogP contribution in [0.25, 0.3) is 0 Å². The zero-order valence-corrected chi connectivity index (χ0v) is 14.6. The molecule has 0 aliphatic rings. The Bertz CT molecular complexity index is 614. The number of ether oxygens (including phenoxy) is 1. The molecule has 0 saturated carbocycles. The lowest BCUT2D eigenvalue weighted by molar-refractivity contribution is 0.299. The van der Waals surface area contributed by atoms with E-state index in [0.717, 1.165) is 18.0 Å². The van der Waals surface area contributed by atoms with Crippen molar-refractivity contribution in [2.45, 2.75) is 6.04 Å². The molecular weight excluding hydrogens is 306 g/mol. The average Bonchev–Trinajstić information content (AvgIpc) is 2.56. The maximum absolute atomic E-state index is 5.38. The minimum absolute atomic E-state index is 0.256. The Morgan fingerprint density at radius 1 is 1.09 bits per heavy atom. The van der Waals surface area contributed by atoms with Gasteiger partial charge in [0.25, 0.3) is 0 Å². The van der Waals surface area contributed by atoms with Gasteiger partial charge in [-0.05, 0) is 56.1 Å². The van der Waals surface area contributed by atoms with E-state index in [0.29, 0.717) is 5.11 Å². The zero-order valence-electron chi connectivity index (χ0n) is 13.7. The van der Waals surface area contributed by atoms with Crippen LogP contribution in [0.5, 0.6) is 5.75 Å². The number of nitrogens with zero attached hydrogens (tertiary/aromatic N) is 1. The van der Waals surface area contributed by atoms with Gasteiger partial charge in [-0.1, -0.05) is 30.3 Å². The third-order valence-electron chi connectivity index (χ3n) is 3.61. The number of nitrogens with one attached hydrogen (secondary N) is 2. The highest BCUT2D eigenvalue weighted by atomic mass is 32.1. The van der Waals surface area contributed by atoms with Crippen LogP contribution in [0.1, 0.15) is 11.6 Å². The summed E-state index contributed by atoms with van der Waals surface area (Å²) < 4.78 is 5.15. The lowest BCUT2D eigenvalue weighted by Gasteiger charge is -2.25. The Morgan fingerprint density at radius 3 is 2.30 bits per heavy atom. The van der Waals surface area contributed by atoms with Gasteiger partial charge in [0.1, 0.15) is 5.75 Å². The second-order valence-corrected chi connectivity index (χ2v) is 5.86. The first kappa shape index (κ1) is 17.2. The van der Waals surface area contributed by atoms with E-state index < -0.39 is 0 Å². The van der Waals surface area contributed by atoms with Crippen LogP contribution in [-0.2, 0) is 0 Å². The van der Waals surface area contributed by atoms with Crippen LogP contribution in [0, 0.1) is 0 Å². The number of hydrogen-bond acceptors (Lipinski definition) is 3. The molecule has 122 valence electrons. The summed E-state index contributed by atoms with van der Waals surface area (Å²) in [6.07, 6.45) is 0. The Morgan fingerprint density at radius 2 is 1.74 bits per heavy atom. The van der Waals surface area contributed by atoms with E-state index in [1.807, 2.05) is 30.3 Å². The minimum atomic E-state index is 0.256. The minimum Gasteiger partial charge on any atom is -0.497 e. The smallest absolute Gasteiger partial charge is 0.170 e. The van der Waals surface area contributed by atoms with Crippen molar-refractivity contribution in [3.63, 3.8) is 0 Å². The van der Waals surface area contributed by atoms with E-state index >= 15 is 0 Å². The van der Waals surface area contributed by atoms with Gasteiger partial charge in [0.05, 0.1) is 13.2 Å². The van der Waals surface area contributed by atoms with Gasteiger partial charge in [-0.3, -0.25) is 0 Å². The van der Waals surface area contributed by atoms with Crippen molar-refractivity contribution in [2.75, 3.05) is 33.1 Å². The summed E-state index contributed by atoms with van der Waals surface area (Å²) in [5, 5.41) is 7.08. The molecule has 0 fully saturated rings. The van der Waals surface area contributed by atoms with Gasteiger partial charge in [0.15, 0.2) is 5.11 Å². The lowest BCUT2D eigenvalue weighted by Crippen LogP contribution is -2.36. The van der Waals surface area contributed by atoms with Gasteiger partial charge < -0.3 is 20.3 Å². The molecule has 2 aromatic rings. The lowest BCUT2D eigenvalue weighted by atomic mass is 10.1. The van der Waals surface area contributed by atoms with Crippen LogP contribution < -0.4 is 15.4 Å². The summed E-state index contributed by atoms with van der Waals surface area (Å²) in [4.78, 5) is 2.18. The Hall–Kier alpha value is -2.11. The molecule has 0 radical (unpaired) electrons. The topological polar surface area (TPSA) is 36.5 Å². The SMILES string of the molecule is COc1ccc(NC(=S)NC[C@H](c2ccccc2)N(C)C)cc1. The van der Waals surface area contributed by atoms with E-state index in [2.05, 4.69) is 53.9 Å². The standard InChI is InChI=1S/C18H23N3OS/c1-21(2)17(14-7-5-4-6-8-14)13-19-18(23)20-15-9-11-16(22-3)12-10-15/h4-12,17H,13H2,1-3H3,(H2,19,20,23)/t17-/m1/s1. The molecule has 1 atom stereocenters. The fourth-order valence-electron chi connectivity index (χ4n) is 2.31. The third kappa shape index (κ3) is 5.23. The van der Waals surface area contributed by atoms with Crippen molar-refractivity contribution < 1.29 is 4.74 Å². The van der Waals surface area contributed by atoms with Crippen LogP contribution in [0.4, 0.5) is 5.69 Å². The number of rotatable bonds is 6. The molecule has 0 unspecified atom stereocenters. The van der Waals surface area contributed by atoms with E-state index in [9.17, 15) is 0 Å². The first-order chi connectivity index (χ1) is 11.1. The Labute approximate surface area is 143 Å². The molecule has 0 bridgehead atoms. The molecule has 0 spiro atoms. The molecule has 23 heavy (non-hydrogen) atoms. The van der Waals surface area contributed by atoms with Crippen molar-refractivity contribution in [3.8, 4) is 5.75 Å². The molecule has 2 N–H and O–H groups in total. The van der Waals surface area contributed by atoms with Crippen molar-refractivity contribution in [2.24, 2.45) is 0 Å². The quantitative estimate of drug-likeness (QED) is 0.796. The molecular formula is C18H23N3OS. The van der Waals surface area contributed by atoms with Crippen LogP contribution in [0.3, 0.4) is 0 Å². The average molecular weight is 329 g/mol.